The Kier molecular flexibility index (Phi) is 6.33. The van der Waals surface area contributed by atoms with Crippen LogP contribution in [0, 0.1) is 5.92 Å². The van der Waals surface area contributed by atoms with E-state index in [1.54, 1.807) is 0 Å². The summed E-state index contributed by atoms with van der Waals surface area (Å²) >= 11 is 0. The second-order valence-corrected chi connectivity index (χ2v) is 6.73. The first-order chi connectivity index (χ1) is 12.3. The Balaban J connectivity index is 2.22. The molecule has 0 radical (unpaired) electrons. The van der Waals surface area contributed by atoms with E-state index in [9.17, 15) is 14.4 Å². The zero-order valence-corrected chi connectivity index (χ0v) is 15.3. The van der Waals surface area contributed by atoms with E-state index in [-0.39, 0.29) is 18.2 Å². The summed E-state index contributed by atoms with van der Waals surface area (Å²) in [4.78, 5) is 35.8. The van der Waals surface area contributed by atoms with Crippen molar-refractivity contribution in [2.45, 2.75) is 39.3 Å². The number of amides is 3. The van der Waals surface area contributed by atoms with Crippen molar-refractivity contribution < 1.29 is 14.4 Å². The van der Waals surface area contributed by atoms with Crippen LogP contribution in [0.4, 0.5) is 0 Å². The van der Waals surface area contributed by atoms with E-state index in [1.807, 2.05) is 56.3 Å². The summed E-state index contributed by atoms with van der Waals surface area (Å²) in [5.74, 6) is -1.45. The van der Waals surface area contributed by atoms with Crippen LogP contribution in [0.3, 0.4) is 0 Å². The summed E-state index contributed by atoms with van der Waals surface area (Å²) in [7, 11) is 0. The van der Waals surface area contributed by atoms with E-state index in [2.05, 4.69) is 10.6 Å². The molecule has 0 unspecified atom stereocenters. The third-order valence-electron chi connectivity index (χ3n) is 4.27. The normalized spacial score (nSPS) is 13.2. The summed E-state index contributed by atoms with van der Waals surface area (Å²) in [6.07, 6.45) is 0.285. The molecular weight excluding hydrogens is 330 g/mol. The number of carbonyl (C=O) groups is 3. The van der Waals surface area contributed by atoms with E-state index in [4.69, 9.17) is 5.73 Å². The maximum atomic E-state index is 12.6. The van der Waals surface area contributed by atoms with Crippen LogP contribution < -0.4 is 16.4 Å². The largest absolute Gasteiger partial charge is 0.368 e. The zero-order valence-electron chi connectivity index (χ0n) is 15.3. The minimum Gasteiger partial charge on any atom is -0.368 e. The first-order valence-corrected chi connectivity index (χ1v) is 8.63. The first-order valence-electron chi connectivity index (χ1n) is 8.63. The van der Waals surface area contributed by atoms with Gasteiger partial charge in [-0.05, 0) is 22.3 Å². The van der Waals surface area contributed by atoms with Gasteiger partial charge < -0.3 is 16.4 Å². The molecule has 6 heteroatoms. The number of primary amides is 1. The number of nitrogens with one attached hydrogen (secondary N) is 2. The maximum Gasteiger partial charge on any atom is 0.243 e. The number of hydrogen-bond donors (Lipinski definition) is 3. The van der Waals surface area contributed by atoms with Crippen LogP contribution in [0.5, 0.6) is 0 Å². The number of benzene rings is 2. The third-order valence-corrected chi connectivity index (χ3v) is 4.27. The molecule has 0 aliphatic carbocycles. The lowest BCUT2D eigenvalue weighted by Crippen LogP contribution is -2.55. The molecule has 0 aliphatic heterocycles. The predicted octanol–water partition coefficient (Wildman–Crippen LogP) is 1.51. The summed E-state index contributed by atoms with van der Waals surface area (Å²) < 4.78 is 0. The minimum atomic E-state index is -0.858. The molecule has 26 heavy (non-hydrogen) atoms. The molecule has 0 spiro atoms. The van der Waals surface area contributed by atoms with Crippen molar-refractivity contribution in [1.82, 2.24) is 10.6 Å². The lowest BCUT2D eigenvalue weighted by molar-refractivity contribution is -0.131. The SMILES string of the molecule is CC(=O)N[C@@H](C(=O)N[C@@H](Cc1cccc2ccccc12)C(N)=O)C(C)C. The number of carbonyl (C=O) groups excluding carboxylic acids is 3. The van der Waals surface area contributed by atoms with Gasteiger partial charge in [-0.3, -0.25) is 14.4 Å². The highest BCUT2D eigenvalue weighted by atomic mass is 16.2. The fourth-order valence-electron chi connectivity index (χ4n) is 2.93. The van der Waals surface area contributed by atoms with Gasteiger partial charge in [0.1, 0.15) is 12.1 Å². The number of fused-ring (bicyclic) bond motifs is 1. The van der Waals surface area contributed by atoms with Crippen molar-refractivity contribution in [2.24, 2.45) is 11.7 Å². The van der Waals surface area contributed by atoms with Crippen molar-refractivity contribution in [3.05, 3.63) is 48.0 Å². The smallest absolute Gasteiger partial charge is 0.243 e. The van der Waals surface area contributed by atoms with Gasteiger partial charge in [-0.1, -0.05) is 56.3 Å². The lowest BCUT2D eigenvalue weighted by Gasteiger charge is -2.24. The highest BCUT2D eigenvalue weighted by Crippen LogP contribution is 2.20. The van der Waals surface area contributed by atoms with Gasteiger partial charge >= 0.3 is 0 Å². The Morgan fingerprint density at radius 3 is 2.27 bits per heavy atom. The Bertz CT molecular complexity index is 812. The van der Waals surface area contributed by atoms with Gasteiger partial charge in [-0.25, -0.2) is 0 Å². The summed E-state index contributed by atoms with van der Waals surface area (Å²) in [5, 5.41) is 7.37. The Hall–Kier alpha value is -2.89. The van der Waals surface area contributed by atoms with Crippen LogP contribution >= 0.6 is 0 Å². The van der Waals surface area contributed by atoms with Crippen LogP contribution in [0.25, 0.3) is 10.8 Å². The standard InChI is InChI=1S/C20H25N3O3/c1-12(2)18(22-13(3)24)20(26)23-17(19(21)25)11-15-9-6-8-14-7-4-5-10-16(14)15/h4-10,12,17-18H,11H2,1-3H3,(H2,21,25)(H,22,24)(H,23,26)/t17-,18+/m0/s1. The van der Waals surface area contributed by atoms with Gasteiger partial charge in [0, 0.05) is 13.3 Å². The van der Waals surface area contributed by atoms with Crippen LogP contribution in [-0.2, 0) is 20.8 Å². The Morgan fingerprint density at radius 2 is 1.65 bits per heavy atom. The monoisotopic (exact) mass is 355 g/mol. The first kappa shape index (κ1) is 19.4. The quantitative estimate of drug-likeness (QED) is 0.702. The maximum absolute atomic E-state index is 12.6. The van der Waals surface area contributed by atoms with Crippen molar-refractivity contribution in [3.63, 3.8) is 0 Å². The molecule has 4 N–H and O–H groups in total. The molecule has 3 amide bonds. The lowest BCUT2D eigenvalue weighted by atomic mass is 9.97. The van der Waals surface area contributed by atoms with E-state index >= 15 is 0 Å². The average molecular weight is 355 g/mol. The molecule has 6 nitrogen and oxygen atoms in total. The molecule has 0 aromatic heterocycles. The molecule has 0 heterocycles. The average Bonchev–Trinajstić information content (AvgIpc) is 2.58. The molecule has 0 bridgehead atoms. The molecule has 2 atom stereocenters. The summed E-state index contributed by atoms with van der Waals surface area (Å²) in [5.41, 5.74) is 6.44. The van der Waals surface area contributed by atoms with E-state index in [0.717, 1.165) is 16.3 Å². The molecule has 0 saturated carbocycles. The van der Waals surface area contributed by atoms with E-state index in [0.29, 0.717) is 0 Å². The molecule has 0 aliphatic rings. The molecule has 2 aromatic rings. The Morgan fingerprint density at radius 1 is 1.00 bits per heavy atom. The Labute approximate surface area is 153 Å². The van der Waals surface area contributed by atoms with Gasteiger partial charge in [0.25, 0.3) is 0 Å². The fourth-order valence-corrected chi connectivity index (χ4v) is 2.93. The van der Waals surface area contributed by atoms with Gasteiger partial charge in [0.05, 0.1) is 0 Å². The van der Waals surface area contributed by atoms with Crippen LogP contribution in [-0.4, -0.2) is 29.8 Å². The highest BCUT2D eigenvalue weighted by molar-refractivity contribution is 5.92. The van der Waals surface area contributed by atoms with Crippen LogP contribution in [0.1, 0.15) is 26.3 Å². The van der Waals surface area contributed by atoms with E-state index < -0.39 is 23.9 Å². The predicted molar refractivity (Wildman–Crippen MR) is 101 cm³/mol. The fraction of sp³-hybridized carbons (Fsp3) is 0.350. The van der Waals surface area contributed by atoms with Crippen molar-refractivity contribution >= 4 is 28.5 Å². The molecular formula is C20H25N3O3. The van der Waals surface area contributed by atoms with Gasteiger partial charge in [-0.15, -0.1) is 0 Å². The second kappa shape index (κ2) is 8.47. The number of rotatable bonds is 7. The van der Waals surface area contributed by atoms with E-state index in [1.165, 1.54) is 6.92 Å². The second-order valence-electron chi connectivity index (χ2n) is 6.73. The minimum absolute atomic E-state index is 0.120. The van der Waals surface area contributed by atoms with Crippen molar-refractivity contribution in [2.75, 3.05) is 0 Å². The topological polar surface area (TPSA) is 101 Å². The molecule has 0 fully saturated rings. The van der Waals surface area contributed by atoms with Crippen molar-refractivity contribution in [3.8, 4) is 0 Å². The summed E-state index contributed by atoms with van der Waals surface area (Å²) in [6.45, 7) is 5.00. The van der Waals surface area contributed by atoms with Gasteiger partial charge in [0.15, 0.2) is 0 Å². The summed E-state index contributed by atoms with van der Waals surface area (Å²) in [6, 6.07) is 12.1. The van der Waals surface area contributed by atoms with Gasteiger partial charge in [0.2, 0.25) is 17.7 Å². The van der Waals surface area contributed by atoms with Gasteiger partial charge in [-0.2, -0.15) is 0 Å². The molecule has 138 valence electrons. The molecule has 2 aromatic carbocycles. The highest BCUT2D eigenvalue weighted by Gasteiger charge is 2.27. The molecule has 2 rings (SSSR count). The molecule has 0 saturated heterocycles. The third kappa shape index (κ3) is 4.81. The van der Waals surface area contributed by atoms with Crippen LogP contribution in [0.2, 0.25) is 0 Å². The zero-order chi connectivity index (χ0) is 19.3. The van der Waals surface area contributed by atoms with Crippen molar-refractivity contribution in [1.29, 1.82) is 0 Å². The number of nitrogens with two attached hydrogens (primary N) is 1. The number of hydrogen-bond acceptors (Lipinski definition) is 3. The van der Waals surface area contributed by atoms with Crippen LogP contribution in [0.15, 0.2) is 42.5 Å².